The molecular weight excluding hydrogens is 244 g/mol. The zero-order valence-corrected chi connectivity index (χ0v) is 12.7. The van der Waals surface area contributed by atoms with Crippen LogP contribution in [0.25, 0.3) is 0 Å². The first kappa shape index (κ1) is 19.3. The van der Waals surface area contributed by atoms with Gasteiger partial charge in [0.25, 0.3) is 0 Å². The molecule has 5 heteroatoms. The van der Waals surface area contributed by atoms with E-state index in [2.05, 4.69) is 27.7 Å². The molecular formula is C12H24AlF3O. The molecule has 0 saturated heterocycles. The largest absolute Gasteiger partial charge is 0.389 e. The fraction of sp³-hybridized carbons (Fsp3) is 0.917. The predicted molar refractivity (Wildman–Crippen MR) is 67.8 cm³/mol. The van der Waals surface area contributed by atoms with E-state index in [1.807, 2.05) is 0 Å². The molecule has 0 aliphatic heterocycles. The Labute approximate surface area is 109 Å². The molecule has 0 aromatic carbocycles. The highest BCUT2D eigenvalue weighted by Crippen LogP contribution is 2.19. The fourth-order valence-electron chi connectivity index (χ4n) is 1.16. The van der Waals surface area contributed by atoms with Crippen LogP contribution in [0.4, 0.5) is 13.2 Å². The minimum Gasteiger partial charge on any atom is -0.303 e. The fourth-order valence-corrected chi connectivity index (χ4v) is 3.03. The lowest BCUT2D eigenvalue weighted by atomic mass is 10.3. The predicted octanol–water partition coefficient (Wildman–Crippen LogP) is 4.10. The van der Waals surface area contributed by atoms with Crippen molar-refractivity contribution in [3.8, 4) is 0 Å². The van der Waals surface area contributed by atoms with Crippen molar-refractivity contribution in [2.24, 2.45) is 11.8 Å². The van der Waals surface area contributed by atoms with E-state index >= 15 is 0 Å². The summed E-state index contributed by atoms with van der Waals surface area (Å²) in [6.45, 7) is 9.31. The van der Waals surface area contributed by atoms with E-state index in [-0.39, 0.29) is 6.29 Å². The molecule has 0 heterocycles. The molecule has 0 radical (unpaired) electrons. The van der Waals surface area contributed by atoms with Crippen LogP contribution in [0.3, 0.4) is 0 Å². The van der Waals surface area contributed by atoms with Crippen molar-refractivity contribution < 1.29 is 18.0 Å². The van der Waals surface area contributed by atoms with E-state index in [0.717, 1.165) is 11.8 Å². The van der Waals surface area contributed by atoms with E-state index in [9.17, 15) is 18.0 Å². The molecule has 0 amide bonds. The van der Waals surface area contributed by atoms with E-state index in [0.29, 0.717) is 15.2 Å². The normalized spacial score (nSPS) is 11.1. The summed E-state index contributed by atoms with van der Waals surface area (Å²) in [5.41, 5.74) is 0. The molecule has 0 aromatic rings. The first-order valence-electron chi connectivity index (χ1n) is 6.19. The van der Waals surface area contributed by atoms with E-state index in [1.165, 1.54) is 10.6 Å². The van der Waals surface area contributed by atoms with Crippen molar-refractivity contribution in [2.45, 2.75) is 57.3 Å². The first-order chi connectivity index (χ1) is 7.69. The van der Waals surface area contributed by atoms with Crippen LogP contribution >= 0.6 is 0 Å². The molecule has 1 nitrogen and oxygen atoms in total. The van der Waals surface area contributed by atoms with Gasteiger partial charge in [-0.15, -0.1) is 0 Å². The van der Waals surface area contributed by atoms with Crippen molar-refractivity contribution in [1.82, 2.24) is 0 Å². The molecule has 0 N–H and O–H groups in total. The number of carbonyl (C=O) groups excluding carboxylic acids is 1. The lowest BCUT2D eigenvalue weighted by molar-refractivity contribution is -0.139. The van der Waals surface area contributed by atoms with Gasteiger partial charge in [0.15, 0.2) is 0 Å². The molecule has 0 aliphatic rings. The van der Waals surface area contributed by atoms with Gasteiger partial charge in [-0.3, -0.25) is 0 Å². The topological polar surface area (TPSA) is 17.1 Å². The Morgan fingerprint density at radius 1 is 1.06 bits per heavy atom. The SMILES string of the molecule is CC(C)[CH2][AlH][CH2]C(C)C.O=CCCC(F)(F)F. The zero-order valence-electron chi connectivity index (χ0n) is 11.3. The minimum absolute atomic E-state index is 0.257. The maximum absolute atomic E-state index is 11.1. The van der Waals surface area contributed by atoms with Crippen LogP contribution < -0.4 is 0 Å². The average molecular weight is 268 g/mol. The molecule has 0 spiro atoms. The quantitative estimate of drug-likeness (QED) is 0.523. The lowest BCUT2D eigenvalue weighted by Crippen LogP contribution is -2.06. The van der Waals surface area contributed by atoms with Crippen molar-refractivity contribution >= 4 is 21.5 Å². The summed E-state index contributed by atoms with van der Waals surface area (Å²) in [5, 5.41) is 3.08. The van der Waals surface area contributed by atoms with Gasteiger partial charge in [0.1, 0.15) is 6.29 Å². The first-order valence-corrected chi connectivity index (χ1v) is 8.19. The monoisotopic (exact) mass is 268 g/mol. The van der Waals surface area contributed by atoms with E-state index in [4.69, 9.17) is 0 Å². The third-order valence-corrected chi connectivity index (χ3v) is 5.23. The smallest absolute Gasteiger partial charge is 0.303 e. The van der Waals surface area contributed by atoms with Crippen molar-refractivity contribution in [2.75, 3.05) is 0 Å². The summed E-state index contributed by atoms with van der Waals surface area (Å²) >= 11 is 0.316. The van der Waals surface area contributed by atoms with Gasteiger partial charge in [0.2, 0.25) is 15.2 Å². The molecule has 0 fully saturated rings. The third kappa shape index (κ3) is 25.9. The number of alkyl halides is 3. The summed E-state index contributed by atoms with van der Waals surface area (Å²) < 4.78 is 33.3. The molecule has 17 heavy (non-hydrogen) atoms. The number of halogens is 3. The van der Waals surface area contributed by atoms with Gasteiger partial charge in [-0.2, -0.15) is 13.2 Å². The van der Waals surface area contributed by atoms with Crippen LogP contribution in [0.5, 0.6) is 0 Å². The van der Waals surface area contributed by atoms with Crippen LogP contribution in [0.1, 0.15) is 40.5 Å². The van der Waals surface area contributed by atoms with Crippen LogP contribution in [0, 0.1) is 11.8 Å². The van der Waals surface area contributed by atoms with Gasteiger partial charge in [-0.05, 0) is 0 Å². The van der Waals surface area contributed by atoms with Gasteiger partial charge >= 0.3 is 6.18 Å². The number of carbonyl (C=O) groups is 1. The average Bonchev–Trinajstić information content (AvgIpc) is 2.13. The standard InChI is InChI=1S/C4H5F3O.2C4H9.Al.H/c5-4(6,7)2-1-3-8;2*1-4(2)3;;/h3H,1-2H2;2*4H,1H2,2-3H3;;. The Morgan fingerprint density at radius 2 is 1.47 bits per heavy atom. The van der Waals surface area contributed by atoms with Crippen LogP contribution in [0.15, 0.2) is 0 Å². The summed E-state index contributed by atoms with van der Waals surface area (Å²) in [6.07, 6.45) is -5.35. The van der Waals surface area contributed by atoms with Gasteiger partial charge < -0.3 is 4.79 Å². The van der Waals surface area contributed by atoms with Crippen molar-refractivity contribution in [1.29, 1.82) is 0 Å². The molecule has 0 aromatic heterocycles. The summed E-state index contributed by atoms with van der Waals surface area (Å²) in [4.78, 5) is 9.35. The number of aldehydes is 1. The van der Waals surface area contributed by atoms with Crippen LogP contribution in [0.2, 0.25) is 10.6 Å². The van der Waals surface area contributed by atoms with E-state index < -0.39 is 19.0 Å². The lowest BCUT2D eigenvalue weighted by Gasteiger charge is -2.03. The summed E-state index contributed by atoms with van der Waals surface area (Å²) in [5.74, 6) is 1.91. The maximum atomic E-state index is 11.1. The van der Waals surface area contributed by atoms with Gasteiger partial charge in [0.05, 0.1) is 6.42 Å². The minimum atomic E-state index is -4.18. The second kappa shape index (κ2) is 11.1. The Morgan fingerprint density at radius 3 is 1.65 bits per heavy atom. The van der Waals surface area contributed by atoms with Crippen molar-refractivity contribution in [3.63, 3.8) is 0 Å². The van der Waals surface area contributed by atoms with Crippen LogP contribution in [-0.2, 0) is 4.79 Å². The number of hydrogen-bond acceptors (Lipinski definition) is 1. The van der Waals surface area contributed by atoms with Crippen molar-refractivity contribution in [3.05, 3.63) is 0 Å². The molecule has 0 unspecified atom stereocenters. The number of hydrogen-bond donors (Lipinski definition) is 0. The summed E-state index contributed by atoms with van der Waals surface area (Å²) in [6, 6.07) is 0. The molecule has 0 aliphatic carbocycles. The molecule has 0 rings (SSSR count). The number of rotatable bonds is 6. The Hall–Kier alpha value is -0.00753. The van der Waals surface area contributed by atoms with Gasteiger partial charge in [-0.1, -0.05) is 50.1 Å². The molecule has 102 valence electrons. The summed E-state index contributed by atoms with van der Waals surface area (Å²) in [7, 11) is 0. The Bertz CT molecular complexity index is 171. The highest BCUT2D eigenvalue weighted by atomic mass is 27.1. The second-order valence-corrected chi connectivity index (χ2v) is 6.90. The highest BCUT2D eigenvalue weighted by Gasteiger charge is 2.25. The molecule has 0 bridgehead atoms. The maximum Gasteiger partial charge on any atom is 0.389 e. The van der Waals surface area contributed by atoms with Gasteiger partial charge in [0, 0.05) is 6.42 Å². The Balaban J connectivity index is 0. The molecule has 0 saturated carbocycles. The molecule has 0 atom stereocenters. The second-order valence-electron chi connectivity index (χ2n) is 5.04. The Kier molecular flexibility index (Phi) is 12.6. The van der Waals surface area contributed by atoms with E-state index in [1.54, 1.807) is 0 Å². The van der Waals surface area contributed by atoms with Crippen LogP contribution in [-0.4, -0.2) is 27.7 Å². The third-order valence-electron chi connectivity index (χ3n) is 2.11. The van der Waals surface area contributed by atoms with Gasteiger partial charge in [-0.25, -0.2) is 0 Å². The zero-order chi connectivity index (χ0) is 13.9. The highest BCUT2D eigenvalue weighted by molar-refractivity contribution is 6.35.